The van der Waals surface area contributed by atoms with Crippen LogP contribution in [0.4, 0.5) is 13.2 Å². The minimum Gasteiger partial charge on any atom is -0.178 e. The minimum atomic E-state index is -3.82. The molecular formula is C4H11F3Si2. The van der Waals surface area contributed by atoms with Gasteiger partial charge in [-0.1, -0.05) is 19.6 Å². The molecule has 0 aromatic carbocycles. The van der Waals surface area contributed by atoms with Crippen molar-refractivity contribution in [2.45, 2.75) is 25.4 Å². The smallest absolute Gasteiger partial charge is 0.178 e. The van der Waals surface area contributed by atoms with Crippen LogP contribution in [-0.2, 0) is 0 Å². The third-order valence-electron chi connectivity index (χ3n) is 0.731. The Bertz CT molecular complexity index is 79.0. The fourth-order valence-corrected chi connectivity index (χ4v) is 5.41. The quantitative estimate of drug-likeness (QED) is 0.526. The molecule has 0 unspecified atom stereocenters. The van der Waals surface area contributed by atoms with Gasteiger partial charge in [0.25, 0.3) is 0 Å². The Morgan fingerprint density at radius 3 is 1.44 bits per heavy atom. The van der Waals surface area contributed by atoms with Crippen LogP contribution >= 0.6 is 0 Å². The van der Waals surface area contributed by atoms with E-state index < -0.39 is 22.4 Å². The topological polar surface area (TPSA) is 0 Å². The average molecular weight is 172 g/mol. The summed E-state index contributed by atoms with van der Waals surface area (Å²) in [5.41, 5.74) is 0. The van der Waals surface area contributed by atoms with Gasteiger partial charge in [-0.25, -0.2) is 0 Å². The molecule has 5 heteroatoms. The van der Waals surface area contributed by atoms with Crippen LogP contribution < -0.4 is 0 Å². The summed E-state index contributed by atoms with van der Waals surface area (Å²) in [6.07, 6.45) is 0. The summed E-state index contributed by atoms with van der Waals surface area (Å²) in [6.45, 7) is 5.31. The van der Waals surface area contributed by atoms with Crippen molar-refractivity contribution < 1.29 is 13.2 Å². The van der Waals surface area contributed by atoms with Gasteiger partial charge in [0, 0.05) is 7.59 Å². The zero-order chi connectivity index (χ0) is 7.71. The third-order valence-corrected chi connectivity index (χ3v) is 6.58. The SMILES string of the molecule is C[Si](C)(C)[SiH2]C(F)(F)F. The lowest BCUT2D eigenvalue weighted by atomic mass is 11.5. The lowest BCUT2D eigenvalue weighted by Gasteiger charge is -2.16. The largest absolute Gasteiger partial charge is 0.352 e. The van der Waals surface area contributed by atoms with E-state index in [-0.39, 0.29) is 0 Å². The molecule has 0 nitrogen and oxygen atoms in total. The Hall–Kier alpha value is 0.224. The van der Waals surface area contributed by atoms with Crippen LogP contribution in [0.25, 0.3) is 0 Å². The molecule has 56 valence electrons. The third kappa shape index (κ3) is 8.22. The van der Waals surface area contributed by atoms with Crippen LogP contribution in [0.15, 0.2) is 0 Å². The van der Waals surface area contributed by atoms with Crippen LogP contribution in [0.3, 0.4) is 0 Å². The molecule has 0 N–H and O–H groups in total. The molecule has 0 bridgehead atoms. The van der Waals surface area contributed by atoms with Crippen LogP contribution in [0.1, 0.15) is 0 Å². The molecule has 0 fully saturated rings. The first kappa shape index (κ1) is 9.22. The van der Waals surface area contributed by atoms with Crippen LogP contribution in [0.5, 0.6) is 0 Å². The number of hydrogen-bond donors (Lipinski definition) is 0. The standard InChI is InChI=1S/C4H11F3Si2/c1-9(2,3)8-4(5,6)7/h8H2,1-3H3. The number of alkyl halides is 3. The molecule has 0 atom stereocenters. The molecule has 0 saturated heterocycles. The van der Waals surface area contributed by atoms with Gasteiger partial charge >= 0.3 is 5.80 Å². The van der Waals surface area contributed by atoms with Crippen molar-refractivity contribution in [3.05, 3.63) is 0 Å². The van der Waals surface area contributed by atoms with Crippen molar-refractivity contribution in [2.75, 3.05) is 0 Å². The molecule has 0 aromatic heterocycles. The highest BCUT2D eigenvalue weighted by Gasteiger charge is 2.35. The first-order valence-electron chi connectivity index (χ1n) is 2.77. The summed E-state index contributed by atoms with van der Waals surface area (Å²) in [4.78, 5) is 0. The van der Waals surface area contributed by atoms with E-state index in [4.69, 9.17) is 0 Å². The second-order valence-corrected chi connectivity index (χ2v) is 17.1. The lowest BCUT2D eigenvalue weighted by molar-refractivity contribution is -0.0448. The molecule has 0 aliphatic rings. The first-order chi connectivity index (χ1) is 3.71. The van der Waals surface area contributed by atoms with Crippen LogP contribution in [0.2, 0.25) is 19.6 Å². The summed E-state index contributed by atoms with van der Waals surface area (Å²) < 4.78 is 34.9. The van der Waals surface area contributed by atoms with Gasteiger partial charge in [0.1, 0.15) is 9.04 Å². The van der Waals surface area contributed by atoms with Gasteiger partial charge in [0.2, 0.25) is 0 Å². The van der Waals surface area contributed by atoms with Crippen LogP contribution in [-0.4, -0.2) is 22.4 Å². The summed E-state index contributed by atoms with van der Waals surface area (Å²) in [5.74, 6) is -3.82. The van der Waals surface area contributed by atoms with E-state index in [0.717, 1.165) is 0 Å². The van der Waals surface area contributed by atoms with E-state index in [1.165, 1.54) is 0 Å². The van der Waals surface area contributed by atoms with Crippen molar-refractivity contribution in [1.29, 1.82) is 0 Å². The molecule has 0 aliphatic carbocycles. The highest BCUT2D eigenvalue weighted by molar-refractivity contribution is 7.23. The Morgan fingerprint density at radius 1 is 1.11 bits per heavy atom. The van der Waals surface area contributed by atoms with Crippen LogP contribution in [0, 0.1) is 0 Å². The van der Waals surface area contributed by atoms with Gasteiger partial charge in [0.15, 0.2) is 0 Å². The average Bonchev–Trinajstić information content (AvgIpc) is 1.14. The molecule has 0 aliphatic heterocycles. The Kier molecular flexibility index (Phi) is 2.52. The van der Waals surface area contributed by atoms with E-state index in [9.17, 15) is 13.2 Å². The molecule has 0 rings (SSSR count). The summed E-state index contributed by atoms with van der Waals surface area (Å²) in [5, 5.41) is 0. The van der Waals surface area contributed by atoms with Crippen molar-refractivity contribution in [3.8, 4) is 0 Å². The molecule has 0 heterocycles. The maximum absolute atomic E-state index is 11.6. The first-order valence-corrected chi connectivity index (χ1v) is 9.31. The van der Waals surface area contributed by atoms with Crippen molar-refractivity contribution in [1.82, 2.24) is 0 Å². The maximum atomic E-state index is 11.6. The second kappa shape index (κ2) is 2.45. The maximum Gasteiger partial charge on any atom is 0.352 e. The Labute approximate surface area is 56.1 Å². The second-order valence-electron chi connectivity index (χ2n) is 3.35. The van der Waals surface area contributed by atoms with E-state index in [1.807, 2.05) is 0 Å². The number of halogens is 3. The van der Waals surface area contributed by atoms with E-state index in [1.54, 1.807) is 19.6 Å². The fraction of sp³-hybridized carbons (Fsp3) is 1.00. The molecule has 9 heavy (non-hydrogen) atoms. The Morgan fingerprint density at radius 2 is 1.44 bits per heavy atom. The highest BCUT2D eigenvalue weighted by Crippen LogP contribution is 2.17. The summed E-state index contributed by atoms with van der Waals surface area (Å²) in [7, 11) is -3.55. The summed E-state index contributed by atoms with van der Waals surface area (Å²) >= 11 is 0. The number of hydrogen-bond acceptors (Lipinski definition) is 0. The monoisotopic (exact) mass is 172 g/mol. The predicted octanol–water partition coefficient (Wildman–Crippen LogP) is 1.51. The minimum absolute atomic E-state index is 1.77. The van der Waals surface area contributed by atoms with Gasteiger partial charge in [-0.3, -0.25) is 0 Å². The van der Waals surface area contributed by atoms with Gasteiger partial charge in [-0.2, -0.15) is 13.2 Å². The van der Waals surface area contributed by atoms with E-state index in [2.05, 4.69) is 0 Å². The van der Waals surface area contributed by atoms with Gasteiger partial charge in [-0.15, -0.1) is 0 Å². The highest BCUT2D eigenvalue weighted by atomic mass is 29.2. The van der Waals surface area contributed by atoms with Crippen molar-refractivity contribution in [3.63, 3.8) is 0 Å². The Balaban J connectivity index is 3.75. The van der Waals surface area contributed by atoms with Gasteiger partial charge < -0.3 is 0 Å². The van der Waals surface area contributed by atoms with E-state index in [0.29, 0.717) is 0 Å². The molecule has 0 aromatic rings. The molecule has 0 spiro atoms. The zero-order valence-electron chi connectivity index (χ0n) is 5.84. The predicted molar refractivity (Wildman–Crippen MR) is 37.9 cm³/mol. The number of rotatable bonds is 1. The lowest BCUT2D eigenvalue weighted by Crippen LogP contribution is -2.40. The summed E-state index contributed by atoms with van der Waals surface area (Å²) in [6, 6.07) is 0. The van der Waals surface area contributed by atoms with Gasteiger partial charge in [-0.05, 0) is 0 Å². The van der Waals surface area contributed by atoms with Gasteiger partial charge in [0.05, 0.1) is 0 Å². The molecule has 0 amide bonds. The molecular weight excluding hydrogens is 161 g/mol. The van der Waals surface area contributed by atoms with E-state index >= 15 is 0 Å². The fourth-order valence-electron chi connectivity index (χ4n) is 0.601. The van der Waals surface area contributed by atoms with Crippen molar-refractivity contribution in [2.24, 2.45) is 0 Å². The van der Waals surface area contributed by atoms with Crippen molar-refractivity contribution >= 4 is 16.6 Å². The molecule has 0 saturated carbocycles. The zero-order valence-corrected chi connectivity index (χ0v) is 8.26. The normalized spacial score (nSPS) is 15.3. The molecule has 0 radical (unpaired) electrons.